The first-order valence-electron chi connectivity index (χ1n) is 11.6. The van der Waals surface area contributed by atoms with Crippen LogP contribution in [0.4, 0.5) is 13.2 Å². The molecule has 2 saturated carbocycles. The van der Waals surface area contributed by atoms with Crippen LogP contribution in [0.25, 0.3) is 0 Å². The molecule has 1 aromatic rings. The van der Waals surface area contributed by atoms with Crippen molar-refractivity contribution in [3.05, 3.63) is 29.8 Å². The number of rotatable bonds is 12. The van der Waals surface area contributed by atoms with Crippen molar-refractivity contribution in [1.29, 1.82) is 0 Å². The summed E-state index contributed by atoms with van der Waals surface area (Å²) < 4.78 is 71.3. The van der Waals surface area contributed by atoms with Gasteiger partial charge in [-0.25, -0.2) is 13.1 Å². The number of hydrogen-bond donors (Lipinski definition) is 1. The monoisotopic (exact) mass is 476 g/mol. The molecule has 32 heavy (non-hydrogen) atoms. The molecule has 2 aliphatic rings. The lowest BCUT2D eigenvalue weighted by atomic mass is 9.87. The summed E-state index contributed by atoms with van der Waals surface area (Å²) in [4.78, 5) is 2.26. The first-order chi connectivity index (χ1) is 15.1. The predicted octanol–water partition coefficient (Wildman–Crippen LogP) is 4.68. The normalized spacial score (nSPS) is 22.4. The van der Waals surface area contributed by atoms with Gasteiger partial charge in [0.05, 0.1) is 16.6 Å². The second kappa shape index (κ2) is 11.3. The zero-order valence-corrected chi connectivity index (χ0v) is 19.6. The Morgan fingerprint density at radius 2 is 1.62 bits per heavy atom. The van der Waals surface area contributed by atoms with Crippen molar-refractivity contribution in [2.45, 2.75) is 68.5 Å². The number of sulfonamides is 1. The van der Waals surface area contributed by atoms with Gasteiger partial charge in [-0.15, -0.1) is 0 Å². The van der Waals surface area contributed by atoms with Crippen LogP contribution in [-0.4, -0.2) is 52.7 Å². The summed E-state index contributed by atoms with van der Waals surface area (Å²) in [6, 6.07) is 3.59. The summed E-state index contributed by atoms with van der Waals surface area (Å²) in [5, 5.41) is 0. The predicted molar refractivity (Wildman–Crippen MR) is 118 cm³/mol. The highest BCUT2D eigenvalue weighted by molar-refractivity contribution is 7.89. The van der Waals surface area contributed by atoms with E-state index in [1.165, 1.54) is 19.4 Å². The molecular formula is C23H35F3N2O3S. The van der Waals surface area contributed by atoms with E-state index in [-0.39, 0.29) is 16.9 Å². The lowest BCUT2D eigenvalue weighted by Gasteiger charge is -2.28. The lowest BCUT2D eigenvalue weighted by Crippen LogP contribution is -2.33. The number of hydrogen-bond acceptors (Lipinski definition) is 4. The molecule has 0 heterocycles. The van der Waals surface area contributed by atoms with E-state index in [0.29, 0.717) is 6.54 Å². The van der Waals surface area contributed by atoms with E-state index in [1.807, 2.05) is 0 Å². The maximum atomic E-state index is 12.7. The van der Waals surface area contributed by atoms with Crippen LogP contribution < -0.4 is 4.72 Å². The SMILES string of the molecule is CN(CCCCOC1CCC(CNS(=O)(=O)c2ccc(C(F)(F)F)cc2)CC1)CC1CC1. The Morgan fingerprint density at radius 1 is 1.00 bits per heavy atom. The second-order valence-electron chi connectivity index (χ2n) is 9.30. The Kier molecular flexibility index (Phi) is 9.00. The molecule has 0 atom stereocenters. The number of alkyl halides is 3. The second-order valence-corrected chi connectivity index (χ2v) is 11.1. The van der Waals surface area contributed by atoms with Crippen molar-refractivity contribution >= 4 is 10.0 Å². The Balaban J connectivity index is 1.29. The molecule has 2 aliphatic carbocycles. The smallest absolute Gasteiger partial charge is 0.378 e. The number of benzene rings is 1. The molecule has 2 fully saturated rings. The molecule has 0 bridgehead atoms. The molecule has 0 aromatic heterocycles. The van der Waals surface area contributed by atoms with Crippen LogP contribution in [0.5, 0.6) is 0 Å². The summed E-state index contributed by atoms with van der Waals surface area (Å²) in [5.74, 6) is 1.14. The molecule has 3 rings (SSSR count). The third-order valence-electron chi connectivity index (χ3n) is 6.40. The van der Waals surface area contributed by atoms with E-state index < -0.39 is 21.8 Å². The fourth-order valence-electron chi connectivity index (χ4n) is 4.20. The molecule has 9 heteroatoms. The standard InChI is InChI=1S/C23H35F3N2O3S/c1-28(17-19-4-5-19)14-2-3-15-31-21-10-6-18(7-11-21)16-27-32(29,30)22-12-8-20(9-13-22)23(24,25)26/h8-9,12-13,18-19,21,27H,2-7,10-11,14-17H2,1H3. The summed E-state index contributed by atoms with van der Waals surface area (Å²) in [7, 11) is -1.63. The number of halogens is 3. The number of unbranched alkanes of at least 4 members (excludes halogenated alkanes) is 1. The Bertz CT molecular complexity index is 803. The van der Waals surface area contributed by atoms with Gasteiger partial charge in [0, 0.05) is 19.7 Å². The van der Waals surface area contributed by atoms with Gasteiger partial charge in [-0.3, -0.25) is 0 Å². The average molecular weight is 477 g/mol. The molecule has 0 aliphatic heterocycles. The van der Waals surface area contributed by atoms with E-state index in [9.17, 15) is 21.6 Å². The van der Waals surface area contributed by atoms with Gasteiger partial charge in [0.2, 0.25) is 10.0 Å². The van der Waals surface area contributed by atoms with Gasteiger partial charge >= 0.3 is 6.18 Å². The van der Waals surface area contributed by atoms with Gasteiger partial charge in [0.25, 0.3) is 0 Å². The molecular weight excluding hydrogens is 441 g/mol. The van der Waals surface area contributed by atoms with Gasteiger partial charge in [0.1, 0.15) is 0 Å². The maximum Gasteiger partial charge on any atom is 0.416 e. The quantitative estimate of drug-likeness (QED) is 0.445. The molecule has 0 unspecified atom stereocenters. The molecule has 0 spiro atoms. The zero-order valence-electron chi connectivity index (χ0n) is 18.7. The summed E-state index contributed by atoms with van der Waals surface area (Å²) in [5.41, 5.74) is -0.861. The minimum Gasteiger partial charge on any atom is -0.378 e. The van der Waals surface area contributed by atoms with Crippen LogP contribution in [0, 0.1) is 11.8 Å². The fourth-order valence-corrected chi connectivity index (χ4v) is 5.32. The minimum absolute atomic E-state index is 0.148. The largest absolute Gasteiger partial charge is 0.416 e. The van der Waals surface area contributed by atoms with Crippen molar-refractivity contribution in [1.82, 2.24) is 9.62 Å². The van der Waals surface area contributed by atoms with Crippen LogP contribution in [0.3, 0.4) is 0 Å². The van der Waals surface area contributed by atoms with Crippen molar-refractivity contribution in [2.75, 3.05) is 33.3 Å². The van der Waals surface area contributed by atoms with Gasteiger partial charge in [-0.2, -0.15) is 13.2 Å². The van der Waals surface area contributed by atoms with E-state index >= 15 is 0 Å². The van der Waals surface area contributed by atoms with Crippen molar-refractivity contribution in [3.63, 3.8) is 0 Å². The van der Waals surface area contributed by atoms with E-state index in [1.54, 1.807) is 0 Å². The third kappa shape index (κ3) is 8.32. The third-order valence-corrected chi connectivity index (χ3v) is 7.84. The molecule has 182 valence electrons. The minimum atomic E-state index is -4.48. The van der Waals surface area contributed by atoms with Crippen LogP contribution in [0.1, 0.15) is 56.9 Å². The Morgan fingerprint density at radius 3 is 2.22 bits per heavy atom. The Hall–Kier alpha value is -1.16. The molecule has 1 aromatic carbocycles. The van der Waals surface area contributed by atoms with E-state index in [2.05, 4.69) is 16.7 Å². The summed E-state index contributed by atoms with van der Waals surface area (Å²) in [6.07, 6.45) is 4.30. The van der Waals surface area contributed by atoms with Gasteiger partial charge in [-0.1, -0.05) is 0 Å². The van der Waals surface area contributed by atoms with Gasteiger partial charge in [0.15, 0.2) is 0 Å². The Labute approximate surface area is 189 Å². The van der Waals surface area contributed by atoms with E-state index in [0.717, 1.165) is 81.9 Å². The highest BCUT2D eigenvalue weighted by Gasteiger charge is 2.31. The van der Waals surface area contributed by atoms with Gasteiger partial charge in [-0.05, 0) is 101 Å². The highest BCUT2D eigenvalue weighted by Crippen LogP contribution is 2.31. The molecule has 1 N–H and O–H groups in total. The summed E-state index contributed by atoms with van der Waals surface area (Å²) in [6.45, 7) is 3.40. The van der Waals surface area contributed by atoms with Crippen molar-refractivity contribution < 1.29 is 26.3 Å². The molecule has 5 nitrogen and oxygen atoms in total. The lowest BCUT2D eigenvalue weighted by molar-refractivity contribution is -0.137. The highest BCUT2D eigenvalue weighted by atomic mass is 32.2. The number of nitrogens with one attached hydrogen (secondary N) is 1. The van der Waals surface area contributed by atoms with Crippen molar-refractivity contribution in [2.24, 2.45) is 11.8 Å². The van der Waals surface area contributed by atoms with Crippen LogP contribution in [0.2, 0.25) is 0 Å². The zero-order chi connectivity index (χ0) is 23.2. The van der Waals surface area contributed by atoms with Crippen LogP contribution in [-0.2, 0) is 20.9 Å². The molecule has 0 amide bonds. The average Bonchev–Trinajstić information content (AvgIpc) is 3.56. The molecule has 0 radical (unpaired) electrons. The number of nitrogens with zero attached hydrogens (tertiary/aromatic N) is 1. The van der Waals surface area contributed by atoms with E-state index in [4.69, 9.17) is 4.74 Å². The first-order valence-corrected chi connectivity index (χ1v) is 13.1. The summed E-state index contributed by atoms with van der Waals surface area (Å²) >= 11 is 0. The van der Waals surface area contributed by atoms with Gasteiger partial charge < -0.3 is 9.64 Å². The first kappa shape index (κ1) is 25.5. The van der Waals surface area contributed by atoms with Crippen LogP contribution >= 0.6 is 0 Å². The number of ether oxygens (including phenoxy) is 1. The fraction of sp³-hybridized carbons (Fsp3) is 0.739. The topological polar surface area (TPSA) is 58.6 Å². The molecule has 0 saturated heterocycles. The maximum absolute atomic E-state index is 12.7. The van der Waals surface area contributed by atoms with Crippen molar-refractivity contribution in [3.8, 4) is 0 Å². The van der Waals surface area contributed by atoms with Crippen LogP contribution in [0.15, 0.2) is 29.2 Å².